The van der Waals surface area contributed by atoms with Gasteiger partial charge in [0.1, 0.15) is 42.4 Å². The summed E-state index contributed by atoms with van der Waals surface area (Å²) < 4.78 is 76.7. The number of rotatable bonds is 16. The number of methoxy groups -OCH3 is 1. The van der Waals surface area contributed by atoms with Crippen LogP contribution < -0.4 is 5.32 Å². The average Bonchev–Trinajstić information content (AvgIpc) is 3.31. The molecule has 6 N–H and O–H groups in total. The third-order valence-corrected chi connectivity index (χ3v) is 16.9. The molecule has 1 aromatic carbocycles. The van der Waals surface area contributed by atoms with E-state index < -0.39 is 142 Å². The van der Waals surface area contributed by atoms with Gasteiger partial charge in [-0.25, -0.2) is 12.8 Å². The zero-order valence-corrected chi connectivity index (χ0v) is 45.4. The number of hydrogen-bond donors (Lipinski definition) is 6. The molecule has 0 spiro atoms. The highest BCUT2D eigenvalue weighted by molar-refractivity contribution is 7.91. The second-order valence-electron chi connectivity index (χ2n) is 21.6. The molecule has 0 bridgehead atoms. The minimum absolute atomic E-state index is 0.0332. The summed E-state index contributed by atoms with van der Waals surface area (Å²) in [4.78, 5) is 31.3. The van der Waals surface area contributed by atoms with Crippen LogP contribution in [0.2, 0.25) is 0 Å². The van der Waals surface area contributed by atoms with Crippen molar-refractivity contribution < 1.29 is 76.4 Å². The van der Waals surface area contributed by atoms with Gasteiger partial charge in [0.05, 0.1) is 58.5 Å². The zero-order valence-electron chi connectivity index (χ0n) is 44.6. The maximum Gasteiger partial charge on any atom is 0.311 e. The van der Waals surface area contributed by atoms with E-state index in [2.05, 4.69) is 5.32 Å². The lowest BCUT2D eigenvalue weighted by Crippen LogP contribution is -2.61. The van der Waals surface area contributed by atoms with Gasteiger partial charge >= 0.3 is 5.97 Å². The van der Waals surface area contributed by atoms with Gasteiger partial charge in [-0.15, -0.1) is 0 Å². The third kappa shape index (κ3) is 15.1. The van der Waals surface area contributed by atoms with Gasteiger partial charge in [-0.1, -0.05) is 32.9 Å². The number of sulfone groups is 1. The number of halogens is 1. The number of nitriles is 1. The Labute approximate surface area is 426 Å². The number of benzene rings is 1. The Morgan fingerprint density at radius 3 is 2.25 bits per heavy atom. The Morgan fingerprint density at radius 2 is 1.67 bits per heavy atom. The van der Waals surface area contributed by atoms with E-state index in [1.165, 1.54) is 38.3 Å². The second-order valence-corrected chi connectivity index (χ2v) is 23.6. The SMILES string of the molecule is CC[C@H]1OC(=O)[C@H](C)[C@@H](O[C@H]2CC(C)(OC)[C@@H](O)[C@H](C)O2)[C@H](C)[C@@H](O[C@@H]2O[C@H](C)C[C@H](N(C)CCC(=O)N[C@H](CF)Cc3ccc(S(=O)(=O)CC#N)cc3)[C@H]2O)C(C)(O)C[C@@H](C)CN(C)[C@H](C)[C@@H](O)C1(C)O. The first-order valence-electron chi connectivity index (χ1n) is 25.3. The number of carbonyl (C=O) groups excluding carboxylic acids is 2. The van der Waals surface area contributed by atoms with Gasteiger partial charge in [0, 0.05) is 51.0 Å². The molecule has 4 rings (SSSR count). The summed E-state index contributed by atoms with van der Waals surface area (Å²) >= 11 is 0. The highest BCUT2D eigenvalue weighted by Gasteiger charge is 2.53. The molecule has 3 fully saturated rings. The summed E-state index contributed by atoms with van der Waals surface area (Å²) in [6, 6.07) is 5.20. The monoisotopic (exact) mass is 1040 g/mol. The molecule has 1 amide bonds. The molecule has 21 heteroatoms. The Morgan fingerprint density at radius 1 is 1.03 bits per heavy atom. The van der Waals surface area contributed by atoms with E-state index in [4.69, 9.17) is 33.7 Å². The molecule has 0 aliphatic carbocycles. The molecule has 3 heterocycles. The van der Waals surface area contributed by atoms with Crippen LogP contribution in [0.4, 0.5) is 4.39 Å². The van der Waals surface area contributed by atoms with E-state index in [0.29, 0.717) is 18.5 Å². The molecule has 3 aliphatic heterocycles. The second kappa shape index (κ2) is 25.7. The first-order valence-corrected chi connectivity index (χ1v) is 26.9. The maximum absolute atomic E-state index is 14.5. The van der Waals surface area contributed by atoms with Crippen LogP contribution in [0.5, 0.6) is 0 Å². The summed E-state index contributed by atoms with van der Waals surface area (Å²) in [5, 5.41) is 71.0. The quantitative estimate of drug-likeness (QED) is 0.130. The van der Waals surface area contributed by atoms with Crippen molar-refractivity contribution >= 4 is 21.7 Å². The molecular weight excluding hydrogens is 960 g/mol. The number of hydrogen-bond acceptors (Lipinski definition) is 18. The molecule has 19 atom stereocenters. The first kappa shape index (κ1) is 61.6. The van der Waals surface area contributed by atoms with Gasteiger partial charge in [-0.3, -0.25) is 9.59 Å². The Bertz CT molecular complexity index is 2060. The molecule has 0 saturated carbocycles. The lowest BCUT2D eigenvalue weighted by Gasteiger charge is -2.49. The van der Waals surface area contributed by atoms with E-state index >= 15 is 0 Å². The summed E-state index contributed by atoms with van der Waals surface area (Å²) in [5.74, 6) is -4.16. The van der Waals surface area contributed by atoms with E-state index in [1.54, 1.807) is 73.5 Å². The van der Waals surface area contributed by atoms with Crippen LogP contribution in [-0.2, 0) is 54.3 Å². The van der Waals surface area contributed by atoms with Crippen molar-refractivity contribution in [1.29, 1.82) is 5.26 Å². The number of aliphatic hydroxyl groups is 5. The highest BCUT2D eigenvalue weighted by atomic mass is 32.2. The summed E-state index contributed by atoms with van der Waals surface area (Å²) in [5.41, 5.74) is -4.11. The number of carbonyl (C=O) groups is 2. The van der Waals surface area contributed by atoms with Crippen molar-refractivity contribution in [3.8, 4) is 6.07 Å². The molecule has 3 saturated heterocycles. The highest BCUT2D eigenvalue weighted by Crippen LogP contribution is 2.40. The number of esters is 1. The van der Waals surface area contributed by atoms with Crippen LogP contribution in [0, 0.1) is 29.1 Å². The van der Waals surface area contributed by atoms with Gasteiger partial charge in [-0.2, -0.15) is 5.26 Å². The summed E-state index contributed by atoms with van der Waals surface area (Å²) in [7, 11) is 1.22. The number of nitrogens with zero attached hydrogens (tertiary/aromatic N) is 3. The fraction of sp³-hybridized carbons (Fsp3) is 0.824. The van der Waals surface area contributed by atoms with Gasteiger partial charge in [-0.05, 0) is 112 Å². The van der Waals surface area contributed by atoms with Gasteiger partial charge < -0.3 is 69.1 Å². The maximum atomic E-state index is 14.5. The predicted octanol–water partition coefficient (Wildman–Crippen LogP) is 2.66. The minimum Gasteiger partial charge on any atom is -0.459 e. The van der Waals surface area contributed by atoms with Crippen molar-refractivity contribution in [3.63, 3.8) is 0 Å². The normalized spacial score (nSPS) is 39.5. The van der Waals surface area contributed by atoms with Gasteiger partial charge in [0.2, 0.25) is 5.91 Å². The zero-order chi connectivity index (χ0) is 54.3. The van der Waals surface area contributed by atoms with Crippen molar-refractivity contribution in [3.05, 3.63) is 29.8 Å². The molecule has 72 heavy (non-hydrogen) atoms. The van der Waals surface area contributed by atoms with Gasteiger partial charge in [0.15, 0.2) is 22.4 Å². The largest absolute Gasteiger partial charge is 0.459 e. The Balaban J connectivity index is 1.64. The number of likely N-dealkylation sites (N-methyl/N-ethyl adjacent to an activating group) is 2. The first-order chi connectivity index (χ1) is 33.5. The number of aliphatic hydroxyl groups excluding tert-OH is 3. The number of cyclic esters (lactones) is 1. The van der Waals surface area contributed by atoms with Crippen LogP contribution in [0.15, 0.2) is 29.2 Å². The molecule has 412 valence electrons. The Hall–Kier alpha value is -2.95. The number of alkyl halides is 1. The van der Waals surface area contributed by atoms with Crippen LogP contribution in [-0.4, -0.2) is 199 Å². The smallest absolute Gasteiger partial charge is 0.311 e. The molecule has 19 nitrogen and oxygen atoms in total. The minimum atomic E-state index is -3.78. The van der Waals surface area contributed by atoms with Crippen molar-refractivity contribution in [2.24, 2.45) is 17.8 Å². The number of amides is 1. The third-order valence-electron chi connectivity index (χ3n) is 15.4. The van der Waals surface area contributed by atoms with Crippen LogP contribution in [0.1, 0.15) is 107 Å². The van der Waals surface area contributed by atoms with Crippen molar-refractivity contribution in [1.82, 2.24) is 15.1 Å². The summed E-state index contributed by atoms with van der Waals surface area (Å²) in [6.45, 7) is 16.7. The summed E-state index contributed by atoms with van der Waals surface area (Å²) in [6.07, 6.45) is -10.2. The van der Waals surface area contributed by atoms with Crippen LogP contribution in [0.25, 0.3) is 0 Å². The van der Waals surface area contributed by atoms with E-state index in [-0.39, 0.29) is 49.5 Å². The standard InChI is InChI=1S/C51H85FN4O15S/c1-14-39-51(10,63)44(59)33(6)56(12)28-29(2)25-49(8,62)46(31(4)43(32(5)47(61)69-39)70-41-26-50(9,66-13)45(60)34(7)68-41)71-48-42(58)38(23-30(3)67-48)55(11)21-19-40(57)54-36(27-52)24-35-15-17-37(18-16-35)72(64,65)22-20-53/h15-18,29-34,36,38-39,41-46,48,58-60,62-63H,14,19,21-28H2,1-13H3,(H,54,57)/t29-,30-,31+,32-,33-,34+,36+,38+,39-,41+,42-,43+,44-,45+,46-,48+,49?,50?,51?/m1/s1. The number of ether oxygens (including phenoxy) is 6. The van der Waals surface area contributed by atoms with Crippen LogP contribution in [0.3, 0.4) is 0 Å². The van der Waals surface area contributed by atoms with Gasteiger partial charge in [0.25, 0.3) is 0 Å². The molecule has 3 unspecified atom stereocenters. The molecule has 1 aromatic rings. The van der Waals surface area contributed by atoms with Crippen molar-refractivity contribution in [2.45, 2.75) is 209 Å². The predicted molar refractivity (Wildman–Crippen MR) is 263 cm³/mol. The Kier molecular flexibility index (Phi) is 22.0. The molecule has 0 aromatic heterocycles. The lowest BCUT2D eigenvalue weighted by atomic mass is 9.77. The topological polar surface area (TPSA) is 267 Å². The van der Waals surface area contributed by atoms with E-state index in [0.717, 1.165) is 0 Å². The van der Waals surface area contributed by atoms with E-state index in [1.807, 2.05) is 18.7 Å². The van der Waals surface area contributed by atoms with Crippen molar-refractivity contribution in [2.75, 3.05) is 46.7 Å². The molecule has 3 aliphatic rings. The number of nitrogens with one attached hydrogen (secondary N) is 1. The average molecular weight is 1050 g/mol. The fourth-order valence-corrected chi connectivity index (χ4v) is 11.7. The lowest BCUT2D eigenvalue weighted by molar-refractivity contribution is -0.318. The fourth-order valence-electron chi connectivity index (χ4n) is 10.8. The van der Waals surface area contributed by atoms with Crippen LogP contribution >= 0.6 is 0 Å². The van der Waals surface area contributed by atoms with E-state index in [9.17, 15) is 47.9 Å². The molecule has 0 radical (unpaired) electrons. The molecular formula is C51H85FN4O15S.